The second-order valence-electron chi connectivity index (χ2n) is 16.0. The summed E-state index contributed by atoms with van der Waals surface area (Å²) in [4.78, 5) is 84.8. The predicted octanol–water partition coefficient (Wildman–Crippen LogP) is 2.84. The van der Waals surface area contributed by atoms with E-state index in [1.165, 1.54) is 42.6 Å². The quantitative estimate of drug-likeness (QED) is 0.0519. The number of nitriles is 1. The highest BCUT2D eigenvalue weighted by atomic mass is 32.3. The van der Waals surface area contributed by atoms with Crippen LogP contribution in [-0.4, -0.2) is 136 Å². The average Bonchev–Trinajstić information content (AvgIpc) is 3.63. The number of carbonyl (C=O) groups is 6. The summed E-state index contributed by atoms with van der Waals surface area (Å²) >= 11 is 0. The highest BCUT2D eigenvalue weighted by molar-refractivity contribution is 7.81. The second kappa shape index (κ2) is 26.7. The van der Waals surface area contributed by atoms with Gasteiger partial charge in [0.1, 0.15) is 30.2 Å². The standard InChI is InChI=1S/C45H58F3N9O10S/c1-3-5-6-23-56(22-4-2)29-41(60)52-20-19-51-39(58)16-14-38(55-40(59)15-9-31-7-10-33(11-8-31)67-68(48,64)65)44(63)53-21-24-66-34-12-13-37-36(25-34)35(17-18-50-37)43(62)54-28-42(61)57-30-45(46,47)26-32(57)27-49/h7-8,10-13,17-18,25,32,38H,3-6,9,14-16,19-24,26,28-30H2,1-2H3,(H,51,58)(H,52,60)(H,53,63)(H,54,62)(H,55,59). The van der Waals surface area contributed by atoms with Crippen LogP contribution < -0.4 is 35.5 Å². The number of rotatable bonds is 28. The van der Waals surface area contributed by atoms with Crippen molar-refractivity contribution in [2.75, 3.05) is 59.0 Å². The molecule has 0 radical (unpaired) electrons. The number of nitrogens with one attached hydrogen (secondary N) is 5. The number of unbranched alkanes of at least 4 members (excludes halogenated alkanes) is 2. The van der Waals surface area contributed by atoms with Gasteiger partial charge in [-0.15, -0.1) is 0 Å². The average molecular weight is 974 g/mol. The van der Waals surface area contributed by atoms with Gasteiger partial charge >= 0.3 is 10.5 Å². The molecule has 1 fully saturated rings. The smallest absolute Gasteiger partial charge is 0.488 e. The van der Waals surface area contributed by atoms with Gasteiger partial charge in [-0.05, 0) is 80.7 Å². The number of halogens is 3. The number of pyridine rings is 1. The minimum Gasteiger partial charge on any atom is -0.492 e. The maximum atomic E-state index is 13.9. The Balaban J connectivity index is 1.31. The van der Waals surface area contributed by atoms with Crippen molar-refractivity contribution in [3.05, 3.63) is 65.9 Å². The number of amides is 6. The lowest BCUT2D eigenvalue weighted by atomic mass is 10.1. The van der Waals surface area contributed by atoms with Crippen molar-refractivity contribution in [3.8, 4) is 17.6 Å². The fourth-order valence-corrected chi connectivity index (χ4v) is 7.59. The van der Waals surface area contributed by atoms with Crippen molar-refractivity contribution in [3.63, 3.8) is 0 Å². The maximum Gasteiger partial charge on any atom is 0.488 e. The Morgan fingerprint density at radius 1 is 0.897 bits per heavy atom. The minimum absolute atomic E-state index is 0.0613. The molecule has 2 heterocycles. The lowest BCUT2D eigenvalue weighted by Gasteiger charge is -2.21. The normalized spacial score (nSPS) is 14.7. The van der Waals surface area contributed by atoms with E-state index in [4.69, 9.17) is 4.74 Å². The van der Waals surface area contributed by atoms with Crippen molar-refractivity contribution in [2.45, 2.75) is 89.6 Å². The first-order valence-electron chi connectivity index (χ1n) is 22.3. The van der Waals surface area contributed by atoms with Gasteiger partial charge in [0.05, 0.1) is 43.3 Å². The van der Waals surface area contributed by atoms with Crippen LogP contribution in [0.2, 0.25) is 0 Å². The number of hydrogen-bond acceptors (Lipinski definition) is 13. The molecule has 1 aromatic heterocycles. The zero-order chi connectivity index (χ0) is 49.7. The predicted molar refractivity (Wildman–Crippen MR) is 242 cm³/mol. The highest BCUT2D eigenvalue weighted by Gasteiger charge is 2.47. The number of ether oxygens (including phenoxy) is 1. The van der Waals surface area contributed by atoms with Crippen LogP contribution in [0.3, 0.4) is 0 Å². The van der Waals surface area contributed by atoms with E-state index < -0.39 is 77.6 Å². The Hall–Kier alpha value is -6.54. The summed E-state index contributed by atoms with van der Waals surface area (Å²) in [5.41, 5.74) is 1.07. The monoisotopic (exact) mass is 973 g/mol. The van der Waals surface area contributed by atoms with Crippen molar-refractivity contribution in [1.82, 2.24) is 41.4 Å². The van der Waals surface area contributed by atoms with Gasteiger partial charge in [0.15, 0.2) is 0 Å². The molecule has 0 spiro atoms. The number of aromatic nitrogens is 1. The summed E-state index contributed by atoms with van der Waals surface area (Å²) in [5, 5.41) is 22.8. The SMILES string of the molecule is CCCCCN(CCC)CC(=O)NCCNC(=O)CCC(NC(=O)CCc1ccc(OS(=O)(=O)F)cc1)C(=O)NCCOc1ccc2nccc(C(=O)NCC(=O)N3CC(F)(F)CC3C#N)c2c1. The molecule has 68 heavy (non-hydrogen) atoms. The first-order chi connectivity index (χ1) is 32.4. The van der Waals surface area contributed by atoms with Crippen molar-refractivity contribution >= 4 is 56.9 Å². The van der Waals surface area contributed by atoms with Crippen LogP contribution in [0.15, 0.2) is 54.7 Å². The molecule has 0 saturated carbocycles. The number of hydrogen-bond donors (Lipinski definition) is 5. The Morgan fingerprint density at radius 3 is 2.31 bits per heavy atom. The van der Waals surface area contributed by atoms with Gasteiger partial charge in [0, 0.05) is 43.9 Å². The largest absolute Gasteiger partial charge is 0.492 e. The summed E-state index contributed by atoms with van der Waals surface area (Å²) in [6, 6.07) is 10.6. The van der Waals surface area contributed by atoms with E-state index >= 15 is 0 Å². The molecule has 23 heteroatoms. The lowest BCUT2D eigenvalue weighted by Crippen LogP contribution is -2.48. The highest BCUT2D eigenvalue weighted by Crippen LogP contribution is 2.31. The third-order valence-electron chi connectivity index (χ3n) is 10.6. The van der Waals surface area contributed by atoms with E-state index in [9.17, 15) is 55.1 Å². The Morgan fingerprint density at radius 2 is 1.62 bits per heavy atom. The van der Waals surface area contributed by atoms with E-state index in [1.54, 1.807) is 18.2 Å². The molecule has 0 aliphatic carbocycles. The molecule has 2 unspecified atom stereocenters. The summed E-state index contributed by atoms with van der Waals surface area (Å²) < 4.78 is 72.2. The first kappa shape index (κ1) is 54.1. The van der Waals surface area contributed by atoms with Crippen LogP contribution in [0.25, 0.3) is 10.9 Å². The van der Waals surface area contributed by atoms with Crippen LogP contribution >= 0.6 is 0 Å². The summed E-state index contributed by atoms with van der Waals surface area (Å²) in [6.45, 7) is 4.66. The molecule has 5 N–H and O–H groups in total. The fraction of sp³-hybridized carbons (Fsp3) is 0.511. The van der Waals surface area contributed by atoms with Crippen molar-refractivity contribution < 1.29 is 58.8 Å². The molecule has 19 nitrogen and oxygen atoms in total. The molecule has 2 atom stereocenters. The number of nitrogens with zero attached hydrogens (tertiary/aromatic N) is 4. The van der Waals surface area contributed by atoms with Gasteiger partial charge in [0.25, 0.3) is 11.8 Å². The lowest BCUT2D eigenvalue weighted by molar-refractivity contribution is -0.131. The van der Waals surface area contributed by atoms with Crippen LogP contribution in [0.1, 0.15) is 81.1 Å². The van der Waals surface area contributed by atoms with Gasteiger partial charge in [-0.3, -0.25) is 38.7 Å². The number of likely N-dealkylation sites (tertiary alicyclic amines) is 1. The minimum atomic E-state index is -5.22. The molecule has 1 saturated heterocycles. The fourth-order valence-electron chi connectivity index (χ4n) is 7.24. The third-order valence-corrected chi connectivity index (χ3v) is 11.0. The molecule has 370 valence electrons. The number of aryl methyl sites for hydroxylation is 1. The summed E-state index contributed by atoms with van der Waals surface area (Å²) in [5.74, 6) is -6.49. The Labute approximate surface area is 393 Å². The molecule has 1 aliphatic heterocycles. The third kappa shape index (κ3) is 18.6. The van der Waals surface area contributed by atoms with E-state index in [1.807, 2.05) is 6.92 Å². The summed E-state index contributed by atoms with van der Waals surface area (Å²) in [7, 11) is -5.22. The van der Waals surface area contributed by atoms with Crippen LogP contribution in [0.5, 0.6) is 11.5 Å². The molecule has 3 aromatic rings. The zero-order valence-electron chi connectivity index (χ0n) is 38.0. The van der Waals surface area contributed by atoms with Gasteiger partial charge in [-0.1, -0.05) is 42.7 Å². The number of fused-ring (bicyclic) bond motifs is 1. The first-order valence-corrected chi connectivity index (χ1v) is 23.6. The maximum absolute atomic E-state index is 13.9. The topological polar surface area (TPSA) is 258 Å². The van der Waals surface area contributed by atoms with E-state index in [0.29, 0.717) is 16.5 Å². The number of alkyl halides is 2. The van der Waals surface area contributed by atoms with Gasteiger partial charge < -0.3 is 40.4 Å². The van der Waals surface area contributed by atoms with Gasteiger partial charge in [-0.2, -0.15) is 13.7 Å². The van der Waals surface area contributed by atoms with E-state index in [-0.39, 0.29) is 81.4 Å². The van der Waals surface area contributed by atoms with Gasteiger partial charge in [-0.25, -0.2) is 8.78 Å². The molecule has 1 aliphatic rings. The molecule has 4 rings (SSSR count). The van der Waals surface area contributed by atoms with Crippen LogP contribution in [0.4, 0.5) is 12.7 Å². The molecular formula is C45H58F3N9O10S. The molecular weight excluding hydrogens is 916 g/mol. The van der Waals surface area contributed by atoms with Crippen LogP contribution in [0, 0.1) is 11.3 Å². The Kier molecular flexibility index (Phi) is 21.2. The van der Waals surface area contributed by atoms with E-state index in [0.717, 1.165) is 43.7 Å². The van der Waals surface area contributed by atoms with Crippen molar-refractivity contribution in [2.24, 2.45) is 0 Å². The van der Waals surface area contributed by atoms with Crippen molar-refractivity contribution in [1.29, 1.82) is 5.26 Å². The number of benzene rings is 2. The zero-order valence-corrected chi connectivity index (χ0v) is 38.8. The van der Waals surface area contributed by atoms with Gasteiger partial charge in [0.2, 0.25) is 29.5 Å². The number of carbonyl (C=O) groups excluding carboxylic acids is 6. The molecule has 0 bridgehead atoms. The summed E-state index contributed by atoms with van der Waals surface area (Å²) in [6.07, 6.45) is 4.44. The molecule has 2 aromatic carbocycles. The van der Waals surface area contributed by atoms with E-state index in [2.05, 4.69) is 47.6 Å². The Bertz CT molecular complexity index is 2370. The second-order valence-corrected chi connectivity index (χ2v) is 17.0. The van der Waals surface area contributed by atoms with Crippen LogP contribution in [-0.2, 0) is 40.9 Å². The molecule has 6 amide bonds.